The number of hydrogen-bond donors (Lipinski definition) is 4. The summed E-state index contributed by atoms with van der Waals surface area (Å²) < 4.78 is 0.428. The van der Waals surface area contributed by atoms with Crippen molar-refractivity contribution in [2.75, 3.05) is 52.6 Å². The van der Waals surface area contributed by atoms with Crippen molar-refractivity contribution in [1.82, 2.24) is 30.2 Å². The Morgan fingerprint density at radius 3 is 2.28 bits per heavy atom. The lowest BCUT2D eigenvalue weighted by Crippen LogP contribution is -2.57. The summed E-state index contributed by atoms with van der Waals surface area (Å²) in [6.45, 7) is 14.2. The number of Topliss-reactive ketones (excluding diaryl/α,β-unsaturated/α-hetero) is 1. The number of hydrogen-bond acceptors (Lipinski definition) is 10. The molecule has 2 rings (SSSR count). The van der Waals surface area contributed by atoms with Crippen molar-refractivity contribution >= 4 is 74.0 Å². The smallest absolute Gasteiger partial charge is 0.246 e. The highest BCUT2D eigenvalue weighted by Gasteiger charge is 2.42. The molecule has 0 radical (unpaired) electrons. The zero-order valence-corrected chi connectivity index (χ0v) is 37.5. The van der Waals surface area contributed by atoms with E-state index in [4.69, 9.17) is 5.41 Å². The van der Waals surface area contributed by atoms with E-state index in [9.17, 15) is 38.7 Å². The van der Waals surface area contributed by atoms with Gasteiger partial charge >= 0.3 is 0 Å². The van der Waals surface area contributed by atoms with Crippen molar-refractivity contribution in [3.63, 3.8) is 0 Å². The molecule has 1 saturated heterocycles. The largest absolute Gasteiger partial charge is 0.507 e. The number of phenolic OH excluding ortho intramolecular Hbond substituents is 1. The van der Waals surface area contributed by atoms with Crippen LogP contribution in [-0.4, -0.2) is 142 Å². The Bertz CT molecular complexity index is 1650. The molecule has 4 N–H and O–H groups in total. The lowest BCUT2D eigenvalue weighted by Gasteiger charge is -2.35. The van der Waals surface area contributed by atoms with Crippen LogP contribution in [-0.2, 0) is 40.0 Å². The molecular formula is C40H62BrN7O8S. The van der Waals surface area contributed by atoms with Gasteiger partial charge in [0.2, 0.25) is 35.4 Å². The maximum Gasteiger partial charge on any atom is 0.246 e. The Hall–Kier alpha value is -3.99. The molecule has 1 fully saturated rings. The third kappa shape index (κ3) is 14.7. The van der Waals surface area contributed by atoms with E-state index in [1.54, 1.807) is 58.6 Å². The normalized spacial score (nSPS) is 16.9. The van der Waals surface area contributed by atoms with Crippen molar-refractivity contribution in [2.24, 2.45) is 17.3 Å². The van der Waals surface area contributed by atoms with Crippen LogP contribution < -0.4 is 10.6 Å². The average molecular weight is 881 g/mol. The third-order valence-corrected chi connectivity index (χ3v) is 11.7. The number of amides is 6. The maximum absolute atomic E-state index is 14.5. The molecule has 1 aromatic rings. The van der Waals surface area contributed by atoms with Gasteiger partial charge < -0.3 is 35.3 Å². The molecule has 318 valence electrons. The number of aromatic hydroxyl groups is 1. The molecule has 2 unspecified atom stereocenters. The van der Waals surface area contributed by atoms with Crippen molar-refractivity contribution in [3.8, 4) is 5.75 Å². The second-order valence-electron chi connectivity index (χ2n) is 16.0. The van der Waals surface area contributed by atoms with Gasteiger partial charge in [0.05, 0.1) is 35.2 Å². The summed E-state index contributed by atoms with van der Waals surface area (Å²) in [6, 6.07) is 2.32. The second kappa shape index (κ2) is 22.2. The molecule has 0 spiro atoms. The molecule has 1 heterocycles. The van der Waals surface area contributed by atoms with E-state index in [-0.39, 0.29) is 72.0 Å². The quantitative estimate of drug-likeness (QED) is 0.119. The van der Waals surface area contributed by atoms with Crippen LogP contribution in [0.3, 0.4) is 0 Å². The summed E-state index contributed by atoms with van der Waals surface area (Å²) in [5, 5.41) is 24.6. The number of carbonyl (C=O) groups is 7. The SMILES string of the molecule is CCCN(CC(=O)CC)C(=O)CN(C)C(=O)CNC(=O)[C@H](C)CSC(=N)[C@@H]1CC(C)CN1C(=O)C(Cc1ccc(O)c(Br)c1)N(C)C(=O)[C@H](C)NC(=O)C(C)(C)C. The van der Waals surface area contributed by atoms with Crippen LogP contribution in [0, 0.1) is 22.7 Å². The fraction of sp³-hybridized carbons (Fsp3) is 0.650. The van der Waals surface area contributed by atoms with Crippen LogP contribution in [0.5, 0.6) is 5.75 Å². The fourth-order valence-corrected chi connectivity index (χ4v) is 7.51. The number of likely N-dealkylation sites (tertiary alicyclic amines) is 1. The van der Waals surface area contributed by atoms with Gasteiger partial charge in [-0.3, -0.25) is 39.0 Å². The zero-order chi connectivity index (χ0) is 43.4. The van der Waals surface area contributed by atoms with Gasteiger partial charge in [0.25, 0.3) is 0 Å². The first kappa shape index (κ1) is 49.2. The molecule has 1 aliphatic rings. The summed E-state index contributed by atoms with van der Waals surface area (Å²) in [6.07, 6.45) is 1.58. The number of rotatable bonds is 19. The molecule has 0 aromatic heterocycles. The van der Waals surface area contributed by atoms with Gasteiger partial charge in [-0.25, -0.2) is 0 Å². The maximum atomic E-state index is 14.5. The van der Waals surface area contributed by atoms with Crippen molar-refractivity contribution in [2.45, 2.75) is 99.2 Å². The minimum atomic E-state index is -1.00. The Balaban J connectivity index is 2.13. The predicted octanol–water partition coefficient (Wildman–Crippen LogP) is 3.45. The Morgan fingerprint density at radius 2 is 1.70 bits per heavy atom. The van der Waals surface area contributed by atoms with Gasteiger partial charge in [0.1, 0.15) is 17.8 Å². The highest BCUT2D eigenvalue weighted by molar-refractivity contribution is 9.10. The van der Waals surface area contributed by atoms with Gasteiger partial charge in [-0.2, -0.15) is 0 Å². The van der Waals surface area contributed by atoms with E-state index in [0.29, 0.717) is 42.4 Å². The number of thioether (sulfide) groups is 1. The number of phenols is 1. The zero-order valence-electron chi connectivity index (χ0n) is 35.1. The number of nitrogens with zero attached hydrogens (tertiary/aromatic N) is 4. The molecule has 1 aliphatic heterocycles. The molecule has 5 atom stereocenters. The summed E-state index contributed by atoms with van der Waals surface area (Å²) in [7, 11) is 2.98. The molecule has 0 aliphatic carbocycles. The molecular weight excluding hydrogens is 818 g/mol. The number of benzene rings is 1. The first-order valence-corrected chi connectivity index (χ1v) is 21.2. The van der Waals surface area contributed by atoms with Gasteiger partial charge in [-0.1, -0.05) is 54.5 Å². The van der Waals surface area contributed by atoms with E-state index < -0.39 is 47.2 Å². The predicted molar refractivity (Wildman–Crippen MR) is 225 cm³/mol. The first-order valence-electron chi connectivity index (χ1n) is 19.4. The lowest BCUT2D eigenvalue weighted by atomic mass is 9.95. The summed E-state index contributed by atoms with van der Waals surface area (Å²) >= 11 is 4.46. The highest BCUT2D eigenvalue weighted by atomic mass is 79.9. The topological polar surface area (TPSA) is 201 Å². The average Bonchev–Trinajstić information content (AvgIpc) is 3.55. The van der Waals surface area contributed by atoms with Crippen molar-refractivity contribution in [1.29, 1.82) is 5.41 Å². The minimum Gasteiger partial charge on any atom is -0.507 e. The Morgan fingerprint density at radius 1 is 1.05 bits per heavy atom. The van der Waals surface area contributed by atoms with Gasteiger partial charge in [-0.15, -0.1) is 11.8 Å². The Labute approximate surface area is 350 Å². The molecule has 57 heavy (non-hydrogen) atoms. The summed E-state index contributed by atoms with van der Waals surface area (Å²) in [4.78, 5) is 97.0. The van der Waals surface area contributed by atoms with Gasteiger partial charge in [0.15, 0.2) is 5.78 Å². The van der Waals surface area contributed by atoms with Crippen LogP contribution >= 0.6 is 27.7 Å². The molecule has 0 saturated carbocycles. The van der Waals surface area contributed by atoms with Gasteiger partial charge in [0, 0.05) is 57.1 Å². The molecule has 0 bridgehead atoms. The lowest BCUT2D eigenvalue weighted by molar-refractivity contribution is -0.146. The Kier molecular flexibility index (Phi) is 19.2. The van der Waals surface area contributed by atoms with E-state index in [0.717, 1.165) is 11.8 Å². The monoisotopic (exact) mass is 879 g/mol. The molecule has 15 nitrogen and oxygen atoms in total. The first-order chi connectivity index (χ1) is 26.5. The molecule has 6 amide bonds. The van der Waals surface area contributed by atoms with Gasteiger partial charge in [-0.05, 0) is 59.3 Å². The summed E-state index contributed by atoms with van der Waals surface area (Å²) in [5.74, 6) is -2.79. The number of halogens is 1. The molecule has 1 aromatic carbocycles. The van der Waals surface area contributed by atoms with Crippen LogP contribution in [0.15, 0.2) is 22.7 Å². The van der Waals surface area contributed by atoms with E-state index >= 15 is 0 Å². The van der Waals surface area contributed by atoms with Crippen molar-refractivity contribution < 1.29 is 38.7 Å². The van der Waals surface area contributed by atoms with E-state index in [2.05, 4.69) is 26.6 Å². The fourth-order valence-electron chi connectivity index (χ4n) is 6.09. The third-order valence-electron chi connectivity index (χ3n) is 9.79. The van der Waals surface area contributed by atoms with Crippen LogP contribution in [0.2, 0.25) is 0 Å². The summed E-state index contributed by atoms with van der Waals surface area (Å²) in [5.41, 5.74) is -0.0598. The number of ketones is 1. The second-order valence-corrected chi connectivity index (χ2v) is 17.9. The van der Waals surface area contributed by atoms with Crippen LogP contribution in [0.25, 0.3) is 0 Å². The number of nitrogens with one attached hydrogen (secondary N) is 3. The number of carbonyl (C=O) groups excluding carboxylic acids is 7. The highest BCUT2D eigenvalue weighted by Crippen LogP contribution is 2.31. The standard InChI is InChI=1S/C40H62BrN7O8S/c1-11-15-47(21-28(49)12-2)34(52)22-45(9)33(51)19-43-36(53)25(4)23-57-35(42)30-16-24(3)20-48(30)38(55)31(18-27-13-14-32(50)29(41)17-27)46(10)37(54)26(5)44-39(56)40(6,7)8/h13-14,17,24-26,30-31,42,50H,11-12,15-16,18-23H2,1-10H3,(H,43,53)(H,44,56)/t24?,25-,26+,30+,31?/m1/s1. The van der Waals surface area contributed by atoms with Crippen LogP contribution in [0.4, 0.5) is 0 Å². The molecule has 17 heteroatoms. The minimum absolute atomic E-state index is 0.00883. The van der Waals surface area contributed by atoms with Crippen LogP contribution in [0.1, 0.15) is 80.2 Å². The van der Waals surface area contributed by atoms with Crippen molar-refractivity contribution in [3.05, 3.63) is 28.2 Å². The van der Waals surface area contributed by atoms with E-state index in [1.165, 1.54) is 34.9 Å². The number of likely N-dealkylation sites (N-methyl/N-ethyl adjacent to an activating group) is 2. The van der Waals surface area contributed by atoms with E-state index in [1.807, 2.05) is 13.8 Å².